The number of rotatable bonds is 3. The topological polar surface area (TPSA) is 17.1 Å². The van der Waals surface area contributed by atoms with Gasteiger partial charge in [0.2, 0.25) is 5.78 Å². The van der Waals surface area contributed by atoms with Gasteiger partial charge in [0.05, 0.1) is 9.75 Å². The minimum Gasteiger partial charge on any atom is -0.287 e. The Morgan fingerprint density at radius 3 is 1.75 bits per heavy atom. The van der Waals surface area contributed by atoms with Gasteiger partial charge in [-0.05, 0) is 24.6 Å². The lowest BCUT2D eigenvalue weighted by Gasteiger charge is -2.13. The van der Waals surface area contributed by atoms with Crippen LogP contribution in [0.4, 0.5) is 17.6 Å². The number of Topliss-reactive ketones (excluding diaryl/α,β-unsaturated/α-hetero) is 1. The normalized spacial score (nSPS) is 17.7. The summed E-state index contributed by atoms with van der Waals surface area (Å²) in [6, 6.07) is 12.9. The third-order valence-corrected chi connectivity index (χ3v) is 10.4. The lowest BCUT2D eigenvalue weighted by molar-refractivity contribution is 0.0461. The van der Waals surface area contributed by atoms with E-state index in [0.717, 1.165) is 5.56 Å². The molecule has 1 aromatic carbocycles. The first-order valence-corrected chi connectivity index (χ1v) is 13.3. The van der Waals surface area contributed by atoms with Crippen molar-refractivity contribution in [2.24, 2.45) is 0 Å². The summed E-state index contributed by atoms with van der Waals surface area (Å²) in [5.74, 6) is -8.10. The number of allylic oxidation sites excluding steroid dienone is 3. The van der Waals surface area contributed by atoms with E-state index in [1.54, 1.807) is 19.1 Å². The van der Waals surface area contributed by atoms with Crippen molar-refractivity contribution in [3.8, 4) is 29.9 Å². The highest BCUT2D eigenvalue weighted by Gasteiger charge is 2.53. The summed E-state index contributed by atoms with van der Waals surface area (Å²) in [4.78, 5) is 16.1. The second-order valence-electron chi connectivity index (χ2n) is 8.69. The lowest BCUT2D eigenvalue weighted by Crippen LogP contribution is -2.23. The van der Waals surface area contributed by atoms with Crippen molar-refractivity contribution in [3.05, 3.63) is 89.3 Å². The van der Waals surface area contributed by atoms with E-state index in [1.165, 1.54) is 34.0 Å². The number of hydrogen-bond donors (Lipinski definition) is 0. The monoisotopic (exact) mass is 540 g/mol. The minimum atomic E-state index is -3.62. The Balaban J connectivity index is 1.53. The third kappa shape index (κ3) is 2.89. The van der Waals surface area contributed by atoms with Gasteiger partial charge < -0.3 is 0 Å². The Morgan fingerprint density at radius 2 is 1.14 bits per heavy atom. The van der Waals surface area contributed by atoms with E-state index in [1.807, 2.05) is 30.3 Å². The number of hydrogen-bond acceptors (Lipinski definition) is 4. The summed E-state index contributed by atoms with van der Waals surface area (Å²) in [6.45, 7) is 12.6. The number of aryl methyl sites for hydroxylation is 1. The average Bonchev–Trinajstić information content (AvgIpc) is 3.62. The summed E-state index contributed by atoms with van der Waals surface area (Å²) in [6.07, 6.45) is 0. The second-order valence-corrected chi connectivity index (χ2v) is 12.0. The molecule has 0 radical (unpaired) electrons. The van der Waals surface area contributed by atoms with Crippen LogP contribution in [0.3, 0.4) is 0 Å². The molecule has 3 aromatic heterocycles. The van der Waals surface area contributed by atoms with E-state index in [2.05, 4.69) is 19.7 Å². The second kappa shape index (κ2) is 7.47. The smallest absolute Gasteiger partial charge is 0.287 e. The highest BCUT2D eigenvalue weighted by molar-refractivity contribution is 7.27. The molecule has 0 N–H and O–H groups in total. The third-order valence-electron chi connectivity index (χ3n) is 6.64. The van der Waals surface area contributed by atoms with Gasteiger partial charge in [0.1, 0.15) is 0 Å². The van der Waals surface area contributed by atoms with Crippen molar-refractivity contribution in [2.45, 2.75) is 18.8 Å². The number of halogens is 4. The van der Waals surface area contributed by atoms with Crippen LogP contribution in [0.5, 0.6) is 0 Å². The molecular formula is C28H16F4OS3. The van der Waals surface area contributed by atoms with Crippen LogP contribution in [0.15, 0.2) is 62.2 Å². The Kier molecular flexibility index (Phi) is 4.84. The van der Waals surface area contributed by atoms with E-state index >= 15 is 8.78 Å². The number of alkyl halides is 4. The van der Waals surface area contributed by atoms with Crippen molar-refractivity contribution < 1.29 is 22.4 Å². The van der Waals surface area contributed by atoms with E-state index in [9.17, 15) is 13.6 Å². The molecule has 36 heavy (non-hydrogen) atoms. The molecule has 6 rings (SSSR count). The maximum Gasteiger partial charge on any atom is 0.335 e. The molecule has 2 aliphatic carbocycles. The van der Waals surface area contributed by atoms with Gasteiger partial charge in [-0.25, -0.2) is 0 Å². The number of carbonyl (C=O) groups excluding carboxylic acids is 1. The molecule has 0 amide bonds. The van der Waals surface area contributed by atoms with E-state index < -0.39 is 23.2 Å². The van der Waals surface area contributed by atoms with Crippen LogP contribution in [-0.4, -0.2) is 17.6 Å². The van der Waals surface area contributed by atoms with Gasteiger partial charge in [0.25, 0.3) is 5.92 Å². The Bertz CT molecular complexity index is 1660. The maximum absolute atomic E-state index is 15.0. The zero-order valence-electron chi connectivity index (χ0n) is 18.8. The van der Waals surface area contributed by atoms with Crippen molar-refractivity contribution in [3.63, 3.8) is 0 Å². The Morgan fingerprint density at radius 1 is 0.639 bits per heavy atom. The quantitative estimate of drug-likeness (QED) is 0.236. The fourth-order valence-corrected chi connectivity index (χ4v) is 8.56. The molecule has 2 aliphatic rings. The lowest BCUT2D eigenvalue weighted by atomic mass is 10.0. The summed E-state index contributed by atoms with van der Waals surface area (Å²) < 4.78 is 58.9. The Hall–Kier alpha value is -3.07. The van der Waals surface area contributed by atoms with Crippen LogP contribution in [0, 0.1) is 6.92 Å². The summed E-state index contributed by atoms with van der Waals surface area (Å²) in [5, 5.41) is 0. The van der Waals surface area contributed by atoms with Crippen LogP contribution < -0.4 is 0 Å². The molecule has 0 fully saturated rings. The average molecular weight is 541 g/mol. The van der Waals surface area contributed by atoms with Crippen molar-refractivity contribution in [2.75, 3.05) is 0 Å². The highest BCUT2D eigenvalue weighted by atomic mass is 32.1. The van der Waals surface area contributed by atoms with Crippen molar-refractivity contribution in [1.82, 2.24) is 0 Å². The molecule has 0 aliphatic heterocycles. The molecule has 3 heterocycles. The van der Waals surface area contributed by atoms with Gasteiger partial charge in [-0.15, -0.1) is 34.0 Å². The van der Waals surface area contributed by atoms with Gasteiger partial charge in [-0.2, -0.15) is 17.6 Å². The van der Waals surface area contributed by atoms with Gasteiger partial charge >= 0.3 is 5.92 Å². The molecule has 1 nitrogen and oxygen atoms in total. The van der Waals surface area contributed by atoms with Gasteiger partial charge in [-0.1, -0.05) is 50.1 Å². The SMILES string of the molecule is C=C1c2c(-c3ccc(-c4sc(-c5ccccc5)c5c4C(=C)C(F)(F)C5=C)s3)sc(C)c2C(=O)C1(F)F. The predicted molar refractivity (Wildman–Crippen MR) is 142 cm³/mol. The largest absolute Gasteiger partial charge is 0.335 e. The first-order valence-electron chi connectivity index (χ1n) is 10.8. The number of thiophene rings is 3. The van der Waals surface area contributed by atoms with E-state index in [-0.39, 0.29) is 22.3 Å². The predicted octanol–water partition coefficient (Wildman–Crippen LogP) is 9.70. The van der Waals surface area contributed by atoms with Gasteiger partial charge in [0.15, 0.2) is 0 Å². The van der Waals surface area contributed by atoms with E-state index in [4.69, 9.17) is 0 Å². The molecule has 0 atom stereocenters. The molecule has 4 aromatic rings. The first-order chi connectivity index (χ1) is 17.0. The standard InChI is InChI=1S/C28H16F4OS3/c1-12-19-20(13(2)27(12,29)30)25(36-23(19)16-8-6-5-7-9-16)18-11-10-17(35-18)24-21-14(3)28(31,32)26(33)22(21)15(4)34-24/h5-11H,1-3H2,4H3. The van der Waals surface area contributed by atoms with Crippen LogP contribution in [0.2, 0.25) is 0 Å². The zero-order valence-corrected chi connectivity index (χ0v) is 21.3. The van der Waals surface area contributed by atoms with Crippen LogP contribution >= 0.6 is 34.0 Å². The number of fused-ring (bicyclic) bond motifs is 2. The number of benzene rings is 1. The van der Waals surface area contributed by atoms with Gasteiger partial charge in [0, 0.05) is 58.5 Å². The number of carbonyl (C=O) groups is 1. The molecule has 0 spiro atoms. The molecule has 0 bridgehead atoms. The van der Waals surface area contributed by atoms with E-state index in [0.29, 0.717) is 40.4 Å². The molecule has 0 saturated carbocycles. The van der Waals surface area contributed by atoms with Crippen molar-refractivity contribution >= 4 is 56.5 Å². The van der Waals surface area contributed by atoms with Crippen molar-refractivity contribution in [1.29, 1.82) is 0 Å². The first kappa shape index (κ1) is 23.3. The summed E-state index contributed by atoms with van der Waals surface area (Å²) >= 11 is 3.95. The molecular weight excluding hydrogens is 525 g/mol. The maximum atomic E-state index is 15.0. The molecule has 0 saturated heterocycles. The van der Waals surface area contributed by atoms with Gasteiger partial charge in [-0.3, -0.25) is 4.79 Å². The minimum absolute atomic E-state index is 0.0210. The Labute approximate surface area is 216 Å². The molecule has 180 valence electrons. The van der Waals surface area contributed by atoms with Crippen LogP contribution in [0.1, 0.15) is 31.9 Å². The fraction of sp³-hybridized carbons (Fsp3) is 0.107. The molecule has 8 heteroatoms. The molecule has 0 unspecified atom stereocenters. The summed E-state index contributed by atoms with van der Waals surface area (Å²) in [7, 11) is 0. The zero-order chi connectivity index (χ0) is 25.7. The van der Waals surface area contributed by atoms with Crippen LogP contribution in [-0.2, 0) is 0 Å². The highest BCUT2D eigenvalue weighted by Crippen LogP contribution is 2.61. The van der Waals surface area contributed by atoms with Crippen LogP contribution in [0.25, 0.3) is 46.7 Å². The number of ketones is 1. The summed E-state index contributed by atoms with van der Waals surface area (Å²) in [5.41, 5.74) is 0.723. The fourth-order valence-electron chi connectivity index (χ4n) is 4.78.